The summed E-state index contributed by atoms with van der Waals surface area (Å²) in [5.74, 6) is -0.140. The molecule has 1 N–H and O–H groups in total. The Morgan fingerprint density at radius 1 is 1.18 bits per heavy atom. The first-order chi connectivity index (χ1) is 13.5. The van der Waals surface area contributed by atoms with Gasteiger partial charge in [0, 0.05) is 30.4 Å². The highest BCUT2D eigenvalue weighted by Gasteiger charge is 2.42. The Morgan fingerprint density at radius 3 is 2.61 bits per heavy atom. The van der Waals surface area contributed by atoms with Crippen LogP contribution in [0.5, 0.6) is 0 Å². The maximum atomic E-state index is 13.2. The smallest absolute Gasteiger partial charge is 0.321 e. The fourth-order valence-corrected chi connectivity index (χ4v) is 4.87. The van der Waals surface area contributed by atoms with Gasteiger partial charge in [-0.1, -0.05) is 24.3 Å². The Bertz CT molecular complexity index is 963. The molecule has 2 aromatic heterocycles. The van der Waals surface area contributed by atoms with Crippen molar-refractivity contribution >= 4 is 44.9 Å². The van der Waals surface area contributed by atoms with Crippen molar-refractivity contribution in [3.05, 3.63) is 46.5 Å². The third kappa shape index (κ3) is 3.59. The van der Waals surface area contributed by atoms with Crippen LogP contribution in [0.3, 0.4) is 0 Å². The summed E-state index contributed by atoms with van der Waals surface area (Å²) in [6, 6.07) is -0.102. The van der Waals surface area contributed by atoms with E-state index in [1.807, 2.05) is 48.9 Å². The normalized spacial score (nSPS) is 21.6. The molecule has 2 aliphatic rings. The van der Waals surface area contributed by atoms with E-state index in [4.69, 9.17) is 0 Å². The van der Waals surface area contributed by atoms with Crippen LogP contribution in [0, 0.1) is 19.3 Å². The number of hydrogen-bond donors (Lipinski definition) is 1. The second kappa shape index (κ2) is 7.48. The second-order valence-corrected chi connectivity index (χ2v) is 8.72. The number of thiazole rings is 2. The van der Waals surface area contributed by atoms with Crippen molar-refractivity contribution in [2.75, 3.05) is 29.9 Å². The van der Waals surface area contributed by atoms with E-state index in [0.29, 0.717) is 36.3 Å². The predicted octanol–water partition coefficient (Wildman–Crippen LogP) is 3.60. The number of rotatable bonds is 5. The van der Waals surface area contributed by atoms with Crippen LogP contribution in [0.4, 0.5) is 15.1 Å². The molecule has 1 atom stereocenters. The van der Waals surface area contributed by atoms with Crippen molar-refractivity contribution in [1.82, 2.24) is 14.9 Å². The fourth-order valence-electron chi connectivity index (χ4n) is 3.37. The van der Waals surface area contributed by atoms with Crippen LogP contribution >= 0.6 is 22.7 Å². The highest BCUT2D eigenvalue weighted by Crippen LogP contribution is 2.34. The Hall–Kier alpha value is -2.52. The zero-order valence-corrected chi connectivity index (χ0v) is 17.3. The standard InChI is InChI=1S/C19H21N5O2S2/c1-13-10-27-16(20-13)22-15(25)19(6-4-3-5-7-19)12-23-8-9-24(18(23)26)17-21-14(2)11-28-17/h3-6,10-11H,7-9,12H2,1-2H3,(H,20,22,25). The van der Waals surface area contributed by atoms with Crippen molar-refractivity contribution in [2.24, 2.45) is 5.41 Å². The molecule has 1 aliphatic carbocycles. The van der Waals surface area contributed by atoms with Crippen molar-refractivity contribution in [3.8, 4) is 0 Å². The van der Waals surface area contributed by atoms with Gasteiger partial charge in [0.2, 0.25) is 5.91 Å². The lowest BCUT2D eigenvalue weighted by atomic mass is 9.80. The summed E-state index contributed by atoms with van der Waals surface area (Å²) in [5.41, 5.74) is 0.970. The monoisotopic (exact) mass is 415 g/mol. The molecule has 0 saturated carbocycles. The first-order valence-electron chi connectivity index (χ1n) is 9.03. The predicted molar refractivity (Wildman–Crippen MR) is 112 cm³/mol. The van der Waals surface area contributed by atoms with E-state index in [2.05, 4.69) is 15.3 Å². The lowest BCUT2D eigenvalue weighted by molar-refractivity contribution is -0.123. The molecule has 7 nitrogen and oxygen atoms in total. The number of aryl methyl sites for hydroxylation is 2. The lowest BCUT2D eigenvalue weighted by Crippen LogP contribution is -2.46. The van der Waals surface area contributed by atoms with Gasteiger partial charge in [0.25, 0.3) is 0 Å². The van der Waals surface area contributed by atoms with Crippen molar-refractivity contribution in [3.63, 3.8) is 0 Å². The molecule has 3 heterocycles. The number of nitrogens with zero attached hydrogens (tertiary/aromatic N) is 4. The Labute approximate surface area is 171 Å². The summed E-state index contributed by atoms with van der Waals surface area (Å²) < 4.78 is 0. The molecule has 1 saturated heterocycles. The van der Waals surface area contributed by atoms with Crippen LogP contribution in [-0.2, 0) is 4.79 Å². The van der Waals surface area contributed by atoms with Crippen LogP contribution in [0.25, 0.3) is 0 Å². The molecular weight excluding hydrogens is 394 g/mol. The third-order valence-corrected chi connectivity index (χ3v) is 6.70. The summed E-state index contributed by atoms with van der Waals surface area (Å²) in [7, 11) is 0. The second-order valence-electron chi connectivity index (χ2n) is 7.02. The van der Waals surface area contributed by atoms with Gasteiger partial charge in [0.15, 0.2) is 10.3 Å². The van der Waals surface area contributed by atoms with Crippen molar-refractivity contribution < 1.29 is 9.59 Å². The number of anilines is 2. The SMILES string of the molecule is Cc1csc(NC(=O)C2(CN3CCN(c4nc(C)cs4)C3=O)C=CC=CC2)n1. The summed E-state index contributed by atoms with van der Waals surface area (Å²) in [6.45, 7) is 5.28. The molecule has 0 bridgehead atoms. The summed E-state index contributed by atoms with van der Waals surface area (Å²) in [5, 5.41) is 8.05. The minimum absolute atomic E-state index is 0.102. The maximum Gasteiger partial charge on any atom is 0.326 e. The third-order valence-electron chi connectivity index (χ3n) is 4.84. The minimum Gasteiger partial charge on any atom is -0.321 e. The van der Waals surface area contributed by atoms with Gasteiger partial charge in [-0.2, -0.15) is 0 Å². The van der Waals surface area contributed by atoms with Gasteiger partial charge >= 0.3 is 6.03 Å². The van der Waals surface area contributed by atoms with Crippen LogP contribution < -0.4 is 10.2 Å². The highest BCUT2D eigenvalue weighted by atomic mass is 32.1. The van der Waals surface area contributed by atoms with Crippen LogP contribution in [0.1, 0.15) is 17.8 Å². The molecule has 0 radical (unpaired) electrons. The van der Waals surface area contributed by atoms with Crippen LogP contribution in [0.2, 0.25) is 0 Å². The molecule has 1 fully saturated rings. The van der Waals surface area contributed by atoms with Crippen molar-refractivity contribution in [2.45, 2.75) is 20.3 Å². The topological polar surface area (TPSA) is 78.4 Å². The average molecular weight is 416 g/mol. The molecule has 3 amide bonds. The number of carbonyl (C=O) groups is 2. The summed E-state index contributed by atoms with van der Waals surface area (Å²) >= 11 is 2.87. The number of carbonyl (C=O) groups excluding carboxylic acids is 2. The van der Waals surface area contributed by atoms with Gasteiger partial charge in [0.05, 0.1) is 16.8 Å². The first-order valence-corrected chi connectivity index (χ1v) is 10.8. The molecule has 2 aromatic rings. The molecule has 4 rings (SSSR count). The van der Waals surface area contributed by atoms with E-state index >= 15 is 0 Å². The number of hydrogen-bond acceptors (Lipinski definition) is 6. The fraction of sp³-hybridized carbons (Fsp3) is 0.368. The van der Waals surface area contributed by atoms with E-state index in [-0.39, 0.29) is 11.9 Å². The molecule has 0 aromatic carbocycles. The lowest BCUT2D eigenvalue weighted by Gasteiger charge is -2.33. The number of aromatic nitrogens is 2. The van der Waals surface area contributed by atoms with Gasteiger partial charge in [-0.25, -0.2) is 14.8 Å². The number of allylic oxidation sites excluding steroid dienone is 3. The average Bonchev–Trinajstić information content (AvgIpc) is 3.38. The van der Waals surface area contributed by atoms with Crippen molar-refractivity contribution in [1.29, 1.82) is 0 Å². The zero-order chi connectivity index (χ0) is 19.7. The molecule has 1 unspecified atom stereocenters. The Balaban J connectivity index is 1.52. The van der Waals surface area contributed by atoms with Gasteiger partial charge in [0.1, 0.15) is 0 Å². The Morgan fingerprint density at radius 2 is 1.96 bits per heavy atom. The van der Waals surface area contributed by atoms with E-state index < -0.39 is 5.41 Å². The maximum absolute atomic E-state index is 13.2. The van der Waals surface area contributed by atoms with E-state index in [9.17, 15) is 9.59 Å². The first kappa shape index (κ1) is 18.8. The van der Waals surface area contributed by atoms with Gasteiger partial charge in [-0.3, -0.25) is 9.69 Å². The molecule has 28 heavy (non-hydrogen) atoms. The van der Waals surface area contributed by atoms with Gasteiger partial charge in [-0.05, 0) is 20.3 Å². The van der Waals surface area contributed by atoms with Gasteiger partial charge < -0.3 is 10.2 Å². The highest BCUT2D eigenvalue weighted by molar-refractivity contribution is 7.14. The number of urea groups is 1. The van der Waals surface area contributed by atoms with E-state index in [0.717, 1.165) is 11.4 Å². The molecule has 1 aliphatic heterocycles. The molecule has 9 heteroatoms. The van der Waals surface area contributed by atoms with Crippen LogP contribution in [-0.4, -0.2) is 46.4 Å². The molecular formula is C19H21N5O2S2. The molecule has 0 spiro atoms. The largest absolute Gasteiger partial charge is 0.326 e. The number of amides is 3. The minimum atomic E-state index is -0.807. The summed E-state index contributed by atoms with van der Waals surface area (Å²) in [6.07, 6.45) is 8.20. The zero-order valence-electron chi connectivity index (χ0n) is 15.7. The molecule has 146 valence electrons. The summed E-state index contributed by atoms with van der Waals surface area (Å²) in [4.78, 5) is 38.3. The van der Waals surface area contributed by atoms with E-state index in [1.54, 1.807) is 9.80 Å². The number of nitrogens with one attached hydrogen (secondary N) is 1. The van der Waals surface area contributed by atoms with Crippen LogP contribution in [0.15, 0.2) is 35.1 Å². The van der Waals surface area contributed by atoms with Gasteiger partial charge in [-0.15, -0.1) is 22.7 Å². The quantitative estimate of drug-likeness (QED) is 0.809. The van der Waals surface area contributed by atoms with E-state index in [1.165, 1.54) is 22.7 Å². The Kier molecular flexibility index (Phi) is 5.03.